The number of hydrogen-bond acceptors (Lipinski definition) is 3. The fourth-order valence-corrected chi connectivity index (χ4v) is 4.49. The first-order chi connectivity index (χ1) is 12.5. The van der Waals surface area contributed by atoms with Gasteiger partial charge in [0.1, 0.15) is 0 Å². The van der Waals surface area contributed by atoms with Crippen molar-refractivity contribution in [3.8, 4) is 0 Å². The molecule has 0 radical (unpaired) electrons. The largest absolute Gasteiger partial charge is 0.349 e. The first-order valence-electron chi connectivity index (χ1n) is 8.98. The molecule has 0 aliphatic heterocycles. The predicted octanol–water partition coefficient (Wildman–Crippen LogP) is 3.69. The van der Waals surface area contributed by atoms with Crippen LogP contribution in [0, 0.1) is 0 Å². The Bertz CT molecular complexity index is 844. The second-order valence-corrected chi connectivity index (χ2v) is 8.42. The van der Waals surface area contributed by atoms with Crippen molar-refractivity contribution in [2.24, 2.45) is 0 Å². The monoisotopic (exact) mass is 372 g/mol. The molecule has 2 aromatic rings. The van der Waals surface area contributed by atoms with Crippen LogP contribution in [0.15, 0.2) is 54.6 Å². The summed E-state index contributed by atoms with van der Waals surface area (Å²) in [4.78, 5) is 12.6. The van der Waals surface area contributed by atoms with Gasteiger partial charge in [-0.3, -0.25) is 9.52 Å². The molecule has 6 heteroatoms. The third-order valence-corrected chi connectivity index (χ3v) is 5.82. The topological polar surface area (TPSA) is 75.3 Å². The first kappa shape index (κ1) is 18.5. The Morgan fingerprint density at radius 2 is 1.58 bits per heavy atom. The van der Waals surface area contributed by atoms with Crippen LogP contribution in [0.25, 0.3) is 0 Å². The van der Waals surface area contributed by atoms with Crippen LogP contribution < -0.4 is 10.0 Å². The number of anilines is 1. The van der Waals surface area contributed by atoms with Crippen LogP contribution in [0.5, 0.6) is 0 Å². The van der Waals surface area contributed by atoms with Crippen molar-refractivity contribution in [3.63, 3.8) is 0 Å². The first-order valence-corrected chi connectivity index (χ1v) is 10.6. The second kappa shape index (κ2) is 8.36. The van der Waals surface area contributed by atoms with Gasteiger partial charge in [-0.1, -0.05) is 61.7 Å². The molecule has 26 heavy (non-hydrogen) atoms. The molecule has 0 spiro atoms. The van der Waals surface area contributed by atoms with Crippen LogP contribution in [0.1, 0.15) is 48.0 Å². The molecular formula is C20H24N2O3S. The highest BCUT2D eigenvalue weighted by atomic mass is 32.2. The number of para-hydroxylation sites is 1. The minimum Gasteiger partial charge on any atom is -0.349 e. The van der Waals surface area contributed by atoms with Crippen molar-refractivity contribution in [2.45, 2.75) is 43.9 Å². The summed E-state index contributed by atoms with van der Waals surface area (Å²) in [7, 11) is -3.61. The highest BCUT2D eigenvalue weighted by molar-refractivity contribution is 7.91. The minimum atomic E-state index is -3.61. The van der Waals surface area contributed by atoms with E-state index in [9.17, 15) is 13.2 Å². The van der Waals surface area contributed by atoms with E-state index in [1.807, 2.05) is 6.07 Å². The van der Waals surface area contributed by atoms with Crippen LogP contribution in [-0.2, 0) is 15.8 Å². The van der Waals surface area contributed by atoms with Gasteiger partial charge in [0.15, 0.2) is 0 Å². The van der Waals surface area contributed by atoms with E-state index in [2.05, 4.69) is 10.0 Å². The minimum absolute atomic E-state index is 0.133. The highest BCUT2D eigenvalue weighted by Crippen LogP contribution is 2.21. The molecule has 2 N–H and O–H groups in total. The van der Waals surface area contributed by atoms with Crippen molar-refractivity contribution >= 4 is 21.6 Å². The van der Waals surface area contributed by atoms with Crippen LogP contribution >= 0.6 is 0 Å². The van der Waals surface area contributed by atoms with Gasteiger partial charge in [0.25, 0.3) is 5.91 Å². The van der Waals surface area contributed by atoms with Crippen molar-refractivity contribution in [1.82, 2.24) is 5.32 Å². The third-order valence-electron chi connectivity index (χ3n) is 4.58. The van der Waals surface area contributed by atoms with Crippen molar-refractivity contribution in [2.75, 3.05) is 4.72 Å². The van der Waals surface area contributed by atoms with Crippen molar-refractivity contribution < 1.29 is 13.2 Å². The molecule has 1 fully saturated rings. The summed E-state index contributed by atoms with van der Waals surface area (Å²) in [6, 6.07) is 15.9. The van der Waals surface area contributed by atoms with E-state index in [1.54, 1.807) is 48.5 Å². The summed E-state index contributed by atoms with van der Waals surface area (Å²) in [5.74, 6) is -0.359. The predicted molar refractivity (Wildman–Crippen MR) is 103 cm³/mol. The van der Waals surface area contributed by atoms with Crippen molar-refractivity contribution in [1.29, 1.82) is 0 Å². The average molecular weight is 372 g/mol. The summed E-state index contributed by atoms with van der Waals surface area (Å²) in [6.45, 7) is 0. The van der Waals surface area contributed by atoms with Gasteiger partial charge in [0, 0.05) is 6.04 Å². The SMILES string of the molecule is O=C(NC1CCCCC1)c1ccccc1NS(=O)(=O)Cc1ccccc1. The van der Waals surface area contributed by atoms with Gasteiger partial charge < -0.3 is 5.32 Å². The van der Waals surface area contributed by atoms with Crippen LogP contribution in [0.4, 0.5) is 5.69 Å². The summed E-state index contributed by atoms with van der Waals surface area (Å²) < 4.78 is 27.5. The lowest BCUT2D eigenvalue weighted by Crippen LogP contribution is -2.36. The number of amides is 1. The second-order valence-electron chi connectivity index (χ2n) is 6.70. The molecule has 0 atom stereocenters. The Kier molecular flexibility index (Phi) is 5.93. The quantitative estimate of drug-likeness (QED) is 0.812. The molecule has 3 rings (SSSR count). The molecule has 0 unspecified atom stereocenters. The fourth-order valence-electron chi connectivity index (χ4n) is 3.28. The number of carbonyl (C=O) groups excluding carboxylic acids is 1. The van der Waals surface area contributed by atoms with Gasteiger partial charge in [0.05, 0.1) is 17.0 Å². The smallest absolute Gasteiger partial charge is 0.253 e. The van der Waals surface area contributed by atoms with E-state index in [0.717, 1.165) is 25.7 Å². The zero-order valence-electron chi connectivity index (χ0n) is 14.6. The maximum absolute atomic E-state index is 12.6. The van der Waals surface area contributed by atoms with Gasteiger partial charge in [0.2, 0.25) is 10.0 Å². The molecule has 0 saturated heterocycles. The summed E-state index contributed by atoms with van der Waals surface area (Å²) in [5, 5.41) is 3.04. The number of hydrogen-bond donors (Lipinski definition) is 2. The van der Waals surface area contributed by atoms with Crippen LogP contribution in [0.2, 0.25) is 0 Å². The van der Waals surface area contributed by atoms with Gasteiger partial charge in [-0.15, -0.1) is 0 Å². The lowest BCUT2D eigenvalue weighted by Gasteiger charge is -2.23. The zero-order valence-corrected chi connectivity index (χ0v) is 15.5. The fraction of sp³-hybridized carbons (Fsp3) is 0.350. The van der Waals surface area contributed by atoms with E-state index in [0.29, 0.717) is 16.8 Å². The Morgan fingerprint density at radius 3 is 2.31 bits per heavy atom. The molecule has 1 saturated carbocycles. The lowest BCUT2D eigenvalue weighted by molar-refractivity contribution is 0.0928. The van der Waals surface area contributed by atoms with Crippen LogP contribution in [0.3, 0.4) is 0 Å². The molecule has 0 bridgehead atoms. The number of benzene rings is 2. The molecule has 0 aromatic heterocycles. The van der Waals surface area contributed by atoms with Gasteiger partial charge in [-0.25, -0.2) is 8.42 Å². The average Bonchev–Trinajstić information content (AvgIpc) is 2.63. The van der Waals surface area contributed by atoms with Crippen LogP contribution in [-0.4, -0.2) is 20.4 Å². The normalized spacial score (nSPS) is 15.4. The van der Waals surface area contributed by atoms with Gasteiger partial charge in [-0.05, 0) is 30.5 Å². The molecule has 1 aliphatic rings. The highest BCUT2D eigenvalue weighted by Gasteiger charge is 2.20. The maximum Gasteiger partial charge on any atom is 0.253 e. The zero-order chi connectivity index (χ0) is 18.4. The number of carbonyl (C=O) groups is 1. The number of nitrogens with one attached hydrogen (secondary N) is 2. The number of rotatable bonds is 6. The Morgan fingerprint density at radius 1 is 0.923 bits per heavy atom. The summed E-state index contributed by atoms with van der Waals surface area (Å²) >= 11 is 0. The van der Waals surface area contributed by atoms with Gasteiger partial charge in [-0.2, -0.15) is 0 Å². The Labute approximate surface area is 154 Å². The Balaban J connectivity index is 1.73. The molecular weight excluding hydrogens is 348 g/mol. The molecule has 138 valence electrons. The Hall–Kier alpha value is -2.34. The third kappa shape index (κ3) is 5.08. The molecule has 1 amide bonds. The lowest BCUT2D eigenvalue weighted by atomic mass is 9.95. The molecule has 0 heterocycles. The molecule has 1 aliphatic carbocycles. The van der Waals surface area contributed by atoms with E-state index >= 15 is 0 Å². The number of sulfonamides is 1. The standard InChI is InChI=1S/C20H24N2O3S/c23-20(21-17-11-5-2-6-12-17)18-13-7-8-14-19(18)22-26(24,25)15-16-9-3-1-4-10-16/h1,3-4,7-10,13-14,17,22H,2,5-6,11-12,15H2,(H,21,23). The summed E-state index contributed by atoms with van der Waals surface area (Å²) in [6.07, 6.45) is 5.41. The van der Waals surface area contributed by atoms with E-state index in [4.69, 9.17) is 0 Å². The van der Waals surface area contributed by atoms with Crippen molar-refractivity contribution in [3.05, 3.63) is 65.7 Å². The maximum atomic E-state index is 12.6. The van der Waals surface area contributed by atoms with E-state index < -0.39 is 10.0 Å². The van der Waals surface area contributed by atoms with E-state index in [1.165, 1.54) is 6.42 Å². The van der Waals surface area contributed by atoms with Gasteiger partial charge >= 0.3 is 0 Å². The van der Waals surface area contributed by atoms with E-state index in [-0.39, 0.29) is 17.7 Å². The molecule has 2 aromatic carbocycles. The summed E-state index contributed by atoms with van der Waals surface area (Å²) in [5.41, 5.74) is 1.37. The molecule has 5 nitrogen and oxygen atoms in total.